The SMILES string of the molecule is Cc1cc(C(=O)NCCS(C)(=O)=O)cc(S(=O)(=O)Cl)c1Br. The van der Waals surface area contributed by atoms with Gasteiger partial charge in [-0.05, 0) is 40.5 Å². The lowest BCUT2D eigenvalue weighted by molar-refractivity contribution is 0.0956. The molecule has 0 saturated heterocycles. The molecule has 0 heterocycles. The summed E-state index contributed by atoms with van der Waals surface area (Å²) in [6.07, 6.45) is 1.06. The second-order valence-corrected chi connectivity index (χ2v) is 10.0. The average Bonchev–Trinajstić information content (AvgIpc) is 2.29. The van der Waals surface area contributed by atoms with Crippen LogP contribution >= 0.6 is 26.6 Å². The molecule has 10 heteroatoms. The number of nitrogens with one attached hydrogen (secondary N) is 1. The Kier molecular flexibility index (Phi) is 5.82. The van der Waals surface area contributed by atoms with Gasteiger partial charge < -0.3 is 5.32 Å². The average molecular weight is 419 g/mol. The molecule has 0 atom stereocenters. The summed E-state index contributed by atoms with van der Waals surface area (Å²) in [7, 11) is -1.89. The fourth-order valence-corrected chi connectivity index (χ4v) is 4.13. The van der Waals surface area contributed by atoms with Crippen LogP contribution in [0.4, 0.5) is 0 Å². The second-order valence-electron chi connectivity index (χ2n) is 4.43. The molecule has 0 radical (unpaired) electrons. The van der Waals surface area contributed by atoms with E-state index in [9.17, 15) is 21.6 Å². The van der Waals surface area contributed by atoms with Crippen molar-refractivity contribution in [3.63, 3.8) is 0 Å². The molecule has 1 amide bonds. The number of sulfone groups is 1. The molecule has 0 unspecified atom stereocenters. The van der Waals surface area contributed by atoms with Crippen LogP contribution in [0.1, 0.15) is 15.9 Å². The fourth-order valence-electron chi connectivity index (χ4n) is 1.50. The summed E-state index contributed by atoms with van der Waals surface area (Å²) in [5.41, 5.74) is 0.605. The highest BCUT2D eigenvalue weighted by molar-refractivity contribution is 9.10. The summed E-state index contributed by atoms with van der Waals surface area (Å²) in [6.45, 7) is 1.55. The lowest BCUT2D eigenvalue weighted by atomic mass is 10.1. The number of hydrogen-bond acceptors (Lipinski definition) is 5. The number of rotatable bonds is 5. The summed E-state index contributed by atoms with van der Waals surface area (Å²) in [6, 6.07) is 2.61. The van der Waals surface area contributed by atoms with Crippen molar-refractivity contribution in [3.05, 3.63) is 27.7 Å². The van der Waals surface area contributed by atoms with Crippen molar-refractivity contribution in [2.75, 3.05) is 18.6 Å². The van der Waals surface area contributed by atoms with Gasteiger partial charge in [0.15, 0.2) is 0 Å². The first kappa shape index (κ1) is 18.4. The lowest BCUT2D eigenvalue weighted by Gasteiger charge is -2.09. The Morgan fingerprint density at radius 3 is 2.33 bits per heavy atom. The van der Waals surface area contributed by atoms with E-state index in [1.54, 1.807) is 6.92 Å². The Labute approximate surface area is 136 Å². The van der Waals surface area contributed by atoms with Crippen LogP contribution in [0, 0.1) is 6.92 Å². The van der Waals surface area contributed by atoms with Crippen LogP contribution in [0.5, 0.6) is 0 Å². The van der Waals surface area contributed by atoms with E-state index in [4.69, 9.17) is 10.7 Å². The number of hydrogen-bond donors (Lipinski definition) is 1. The number of carbonyl (C=O) groups is 1. The third-order valence-corrected chi connectivity index (χ3v) is 6.11. The van der Waals surface area contributed by atoms with E-state index in [2.05, 4.69) is 21.2 Å². The molecule has 0 aliphatic rings. The monoisotopic (exact) mass is 417 g/mol. The standard InChI is InChI=1S/C11H13BrClNO5S2/c1-7-5-8(6-9(10(7)12)21(13,18)19)11(15)14-3-4-20(2,16)17/h5-6H,3-4H2,1-2H3,(H,14,15). The number of halogens is 2. The van der Waals surface area contributed by atoms with Gasteiger partial charge >= 0.3 is 0 Å². The van der Waals surface area contributed by atoms with Crippen LogP contribution in [0.3, 0.4) is 0 Å². The zero-order valence-electron chi connectivity index (χ0n) is 11.2. The van der Waals surface area contributed by atoms with Crippen LogP contribution in [0.15, 0.2) is 21.5 Å². The van der Waals surface area contributed by atoms with E-state index >= 15 is 0 Å². The van der Waals surface area contributed by atoms with Gasteiger partial charge in [-0.2, -0.15) is 0 Å². The highest BCUT2D eigenvalue weighted by atomic mass is 79.9. The van der Waals surface area contributed by atoms with Gasteiger partial charge in [0.25, 0.3) is 15.0 Å². The molecule has 1 aromatic rings. The Morgan fingerprint density at radius 1 is 1.29 bits per heavy atom. The van der Waals surface area contributed by atoms with Gasteiger partial charge in [-0.1, -0.05) is 0 Å². The zero-order valence-corrected chi connectivity index (χ0v) is 15.2. The molecule has 0 aliphatic carbocycles. The van der Waals surface area contributed by atoms with Crippen molar-refractivity contribution in [2.45, 2.75) is 11.8 Å². The minimum absolute atomic E-state index is 0.0598. The first-order chi connectivity index (χ1) is 9.42. The number of aryl methyl sites for hydroxylation is 1. The summed E-state index contributed by atoms with van der Waals surface area (Å²) in [5.74, 6) is -0.773. The lowest BCUT2D eigenvalue weighted by Crippen LogP contribution is -2.29. The van der Waals surface area contributed by atoms with Crippen molar-refractivity contribution in [1.29, 1.82) is 0 Å². The molecule has 0 fully saturated rings. The van der Waals surface area contributed by atoms with Gasteiger partial charge in [-0.25, -0.2) is 16.8 Å². The van der Waals surface area contributed by atoms with Crippen molar-refractivity contribution < 1.29 is 21.6 Å². The fraction of sp³-hybridized carbons (Fsp3) is 0.364. The normalized spacial score (nSPS) is 12.2. The molecule has 0 saturated carbocycles. The maximum absolute atomic E-state index is 11.9. The van der Waals surface area contributed by atoms with E-state index in [0.717, 1.165) is 12.3 Å². The van der Waals surface area contributed by atoms with Gasteiger partial charge in [-0.15, -0.1) is 0 Å². The molecule has 6 nitrogen and oxygen atoms in total. The van der Waals surface area contributed by atoms with E-state index in [-0.39, 0.29) is 27.2 Å². The van der Waals surface area contributed by atoms with Crippen LogP contribution in [0.25, 0.3) is 0 Å². The molecule has 0 spiro atoms. The minimum atomic E-state index is -4.01. The maximum Gasteiger partial charge on any atom is 0.262 e. The van der Waals surface area contributed by atoms with Crippen molar-refractivity contribution in [3.8, 4) is 0 Å². The van der Waals surface area contributed by atoms with E-state index in [1.807, 2.05) is 0 Å². The first-order valence-corrected chi connectivity index (χ1v) is 10.8. The van der Waals surface area contributed by atoms with E-state index in [0.29, 0.717) is 5.56 Å². The molecule has 0 bridgehead atoms. The molecule has 1 aromatic carbocycles. The topological polar surface area (TPSA) is 97.4 Å². The van der Waals surface area contributed by atoms with Crippen LogP contribution in [-0.2, 0) is 18.9 Å². The van der Waals surface area contributed by atoms with Crippen molar-refractivity contribution >= 4 is 51.4 Å². The first-order valence-electron chi connectivity index (χ1n) is 5.62. The summed E-state index contributed by atoms with van der Waals surface area (Å²) in [4.78, 5) is 11.7. The van der Waals surface area contributed by atoms with Crippen LogP contribution in [0.2, 0.25) is 0 Å². The molecule has 21 heavy (non-hydrogen) atoms. The van der Waals surface area contributed by atoms with Crippen LogP contribution < -0.4 is 5.32 Å². The Bertz CT molecular complexity index is 774. The maximum atomic E-state index is 11.9. The molecule has 0 aromatic heterocycles. The van der Waals surface area contributed by atoms with Crippen molar-refractivity contribution in [2.24, 2.45) is 0 Å². The second kappa shape index (κ2) is 6.64. The number of benzene rings is 1. The van der Waals surface area contributed by atoms with Gasteiger partial charge in [0.1, 0.15) is 9.84 Å². The Hall–Kier alpha value is -0.640. The molecule has 118 valence electrons. The smallest absolute Gasteiger partial charge is 0.262 e. The van der Waals surface area contributed by atoms with Gasteiger partial charge in [0.2, 0.25) is 0 Å². The summed E-state index contributed by atoms with van der Waals surface area (Å²) >= 11 is 3.10. The van der Waals surface area contributed by atoms with Gasteiger partial charge in [-0.3, -0.25) is 4.79 Å². The highest BCUT2D eigenvalue weighted by Gasteiger charge is 2.19. The molecule has 1 rings (SSSR count). The minimum Gasteiger partial charge on any atom is -0.351 e. The van der Waals surface area contributed by atoms with Gasteiger partial charge in [0, 0.05) is 33.5 Å². The Morgan fingerprint density at radius 2 is 1.86 bits per heavy atom. The number of carbonyl (C=O) groups excluding carboxylic acids is 1. The molecule has 0 aliphatic heterocycles. The van der Waals surface area contributed by atoms with Crippen LogP contribution in [-0.4, -0.2) is 41.3 Å². The highest BCUT2D eigenvalue weighted by Crippen LogP contribution is 2.29. The largest absolute Gasteiger partial charge is 0.351 e. The molecule has 1 N–H and O–H groups in total. The number of amides is 1. The predicted octanol–water partition coefficient (Wildman–Crippen LogP) is 1.46. The molecular weight excluding hydrogens is 406 g/mol. The third kappa shape index (κ3) is 5.57. The van der Waals surface area contributed by atoms with E-state index in [1.165, 1.54) is 6.07 Å². The summed E-state index contributed by atoms with van der Waals surface area (Å²) in [5, 5.41) is 2.41. The third-order valence-electron chi connectivity index (χ3n) is 2.50. The Balaban J connectivity index is 3.04. The van der Waals surface area contributed by atoms with Crippen molar-refractivity contribution in [1.82, 2.24) is 5.32 Å². The summed E-state index contributed by atoms with van der Waals surface area (Å²) < 4.78 is 45.1. The van der Waals surface area contributed by atoms with E-state index < -0.39 is 24.8 Å². The quantitative estimate of drug-likeness (QED) is 0.730. The van der Waals surface area contributed by atoms with Gasteiger partial charge in [0.05, 0.1) is 10.6 Å². The zero-order chi connectivity index (χ0) is 16.4. The molecular formula is C11H13BrClNO5S2. The predicted molar refractivity (Wildman–Crippen MR) is 84.0 cm³/mol.